The molecule has 3 aliphatic heterocycles. The van der Waals surface area contributed by atoms with Gasteiger partial charge in [0.05, 0.1) is 19.8 Å². The zero-order valence-corrected chi connectivity index (χ0v) is 5.50. The van der Waals surface area contributed by atoms with E-state index in [0.717, 1.165) is 0 Å². The molecule has 3 saturated heterocycles. The van der Waals surface area contributed by atoms with Crippen molar-refractivity contribution in [1.29, 1.82) is 0 Å². The zero-order valence-electron chi connectivity index (χ0n) is 5.50. The maximum absolute atomic E-state index is 5.15. The van der Waals surface area contributed by atoms with Crippen molar-refractivity contribution in [2.45, 2.75) is 6.10 Å². The molecule has 0 aliphatic carbocycles. The maximum Gasteiger partial charge on any atom is 0.363 e. The summed E-state index contributed by atoms with van der Waals surface area (Å²) >= 11 is 0. The summed E-state index contributed by atoms with van der Waals surface area (Å²) in [4.78, 5) is 0. The summed E-state index contributed by atoms with van der Waals surface area (Å²) in [6.45, 7) is 1.97. The lowest BCUT2D eigenvalue weighted by molar-refractivity contribution is -0.462. The number of hydrogen-bond donors (Lipinski definition) is 2. The van der Waals surface area contributed by atoms with Crippen molar-refractivity contribution in [3.05, 3.63) is 0 Å². The molecular weight excluding hydrogens is 136 g/mol. The molecule has 3 aliphatic rings. The fourth-order valence-electron chi connectivity index (χ4n) is 1.08. The van der Waals surface area contributed by atoms with Crippen LogP contribution in [-0.2, 0) is 14.2 Å². The average Bonchev–Trinajstić information content (AvgIpc) is 2.08. The van der Waals surface area contributed by atoms with Gasteiger partial charge in [-0.2, -0.15) is 5.43 Å². The molecule has 5 heteroatoms. The molecule has 0 saturated carbocycles. The highest BCUT2D eigenvalue weighted by molar-refractivity contribution is 4.70. The van der Waals surface area contributed by atoms with E-state index in [4.69, 9.17) is 20.1 Å². The number of ether oxygens (including phenoxy) is 3. The van der Waals surface area contributed by atoms with Crippen LogP contribution in [0.15, 0.2) is 0 Å². The van der Waals surface area contributed by atoms with E-state index in [0.29, 0.717) is 25.7 Å². The predicted molar refractivity (Wildman–Crippen MR) is 31.4 cm³/mol. The van der Waals surface area contributed by atoms with Crippen molar-refractivity contribution in [2.75, 3.05) is 19.8 Å². The van der Waals surface area contributed by atoms with Crippen molar-refractivity contribution in [3.63, 3.8) is 0 Å². The van der Waals surface area contributed by atoms with Gasteiger partial charge in [-0.05, 0) is 0 Å². The van der Waals surface area contributed by atoms with E-state index in [1.54, 1.807) is 0 Å². The van der Waals surface area contributed by atoms with Gasteiger partial charge in [0.15, 0.2) is 0 Å². The molecule has 0 atom stereocenters. The van der Waals surface area contributed by atoms with Crippen LogP contribution in [0, 0.1) is 5.92 Å². The van der Waals surface area contributed by atoms with E-state index in [1.807, 2.05) is 0 Å². The molecule has 3 heterocycles. The lowest BCUT2D eigenvalue weighted by atomic mass is 10.1. The third-order valence-electron chi connectivity index (χ3n) is 1.70. The zero-order chi connectivity index (χ0) is 7.03. The molecule has 3 fully saturated rings. The second-order valence-corrected chi connectivity index (χ2v) is 2.50. The first kappa shape index (κ1) is 6.51. The fraction of sp³-hybridized carbons (Fsp3) is 1.00. The quantitative estimate of drug-likeness (QED) is 0.357. The maximum atomic E-state index is 5.15. The Morgan fingerprint density at radius 3 is 2.00 bits per heavy atom. The van der Waals surface area contributed by atoms with E-state index < -0.39 is 6.10 Å². The molecule has 58 valence electrons. The van der Waals surface area contributed by atoms with Crippen LogP contribution in [0.25, 0.3) is 0 Å². The molecule has 3 rings (SSSR count). The predicted octanol–water partition coefficient (Wildman–Crippen LogP) is -1.25. The van der Waals surface area contributed by atoms with Crippen LogP contribution in [0.3, 0.4) is 0 Å². The summed E-state index contributed by atoms with van der Waals surface area (Å²) < 4.78 is 15.4. The van der Waals surface area contributed by atoms with Crippen LogP contribution < -0.4 is 11.3 Å². The molecular formula is C5H10N2O3. The molecule has 0 amide bonds. The van der Waals surface area contributed by atoms with Crippen molar-refractivity contribution in [1.82, 2.24) is 5.43 Å². The van der Waals surface area contributed by atoms with Gasteiger partial charge in [0, 0.05) is 5.92 Å². The molecule has 0 spiro atoms. The normalized spacial score (nSPS) is 45.9. The number of hydrogen-bond acceptors (Lipinski definition) is 5. The molecule has 0 unspecified atom stereocenters. The minimum atomic E-state index is -1.14. The van der Waals surface area contributed by atoms with Gasteiger partial charge < -0.3 is 14.2 Å². The van der Waals surface area contributed by atoms with Gasteiger partial charge in [-0.15, -0.1) is 0 Å². The third kappa shape index (κ3) is 0.834. The number of nitrogens with one attached hydrogen (secondary N) is 1. The SMILES string of the molecule is NNC12OCC(CO1)CO2. The number of hydrazine groups is 1. The number of rotatable bonds is 1. The molecule has 2 bridgehead atoms. The first-order valence-electron chi connectivity index (χ1n) is 3.24. The van der Waals surface area contributed by atoms with Crippen LogP contribution in [0.5, 0.6) is 0 Å². The van der Waals surface area contributed by atoms with Crippen LogP contribution >= 0.6 is 0 Å². The minimum absolute atomic E-state index is 0.371. The fourth-order valence-corrected chi connectivity index (χ4v) is 1.08. The van der Waals surface area contributed by atoms with E-state index in [9.17, 15) is 0 Å². The molecule has 0 radical (unpaired) electrons. The summed E-state index contributed by atoms with van der Waals surface area (Å²) in [7, 11) is 0. The largest absolute Gasteiger partial charge is 0.363 e. The Labute approximate surface area is 58.4 Å². The first-order valence-corrected chi connectivity index (χ1v) is 3.24. The van der Waals surface area contributed by atoms with Gasteiger partial charge in [-0.1, -0.05) is 0 Å². The highest BCUT2D eigenvalue weighted by atomic mass is 16.9. The molecule has 0 aromatic carbocycles. The van der Waals surface area contributed by atoms with Crippen molar-refractivity contribution in [3.8, 4) is 0 Å². The highest BCUT2D eigenvalue weighted by Crippen LogP contribution is 2.26. The molecule has 0 aromatic heterocycles. The second kappa shape index (κ2) is 2.14. The third-order valence-corrected chi connectivity index (χ3v) is 1.70. The smallest absolute Gasteiger partial charge is 0.313 e. The minimum Gasteiger partial charge on any atom is -0.313 e. The Kier molecular flexibility index (Phi) is 1.40. The summed E-state index contributed by atoms with van der Waals surface area (Å²) in [5.41, 5.74) is 2.34. The average molecular weight is 146 g/mol. The summed E-state index contributed by atoms with van der Waals surface area (Å²) in [6.07, 6.45) is -1.14. The van der Waals surface area contributed by atoms with E-state index in [2.05, 4.69) is 5.43 Å². The lowest BCUT2D eigenvalue weighted by Crippen LogP contribution is -2.64. The molecule has 5 nitrogen and oxygen atoms in total. The summed E-state index contributed by atoms with van der Waals surface area (Å²) in [5.74, 6) is 5.52. The van der Waals surface area contributed by atoms with Gasteiger partial charge in [0.25, 0.3) is 0 Å². The Balaban J connectivity index is 2.08. The Morgan fingerprint density at radius 1 is 1.20 bits per heavy atom. The Bertz CT molecular complexity index is 119. The molecule has 3 N–H and O–H groups in total. The topological polar surface area (TPSA) is 65.7 Å². The van der Waals surface area contributed by atoms with Gasteiger partial charge >= 0.3 is 6.10 Å². The first-order chi connectivity index (χ1) is 4.85. The standard InChI is InChI=1S/C5H10N2O3/c6-7-5-8-1-4(2-9-5)3-10-5/h4,7H,1-3,6H2. The Morgan fingerprint density at radius 2 is 1.70 bits per heavy atom. The summed E-state index contributed by atoms with van der Waals surface area (Å²) in [6, 6.07) is 0. The van der Waals surface area contributed by atoms with Gasteiger partial charge in [-0.3, -0.25) is 5.84 Å². The number of nitrogens with two attached hydrogens (primary N) is 1. The van der Waals surface area contributed by atoms with Crippen LogP contribution in [0.4, 0.5) is 0 Å². The number of fused-ring (bicyclic) bond motifs is 3. The van der Waals surface area contributed by atoms with Crippen molar-refractivity contribution >= 4 is 0 Å². The molecule has 0 aromatic rings. The Hall–Kier alpha value is -0.200. The van der Waals surface area contributed by atoms with Gasteiger partial charge in [0.1, 0.15) is 0 Å². The van der Waals surface area contributed by atoms with Gasteiger partial charge in [-0.25, -0.2) is 0 Å². The van der Waals surface area contributed by atoms with Crippen molar-refractivity contribution in [2.24, 2.45) is 11.8 Å². The van der Waals surface area contributed by atoms with Crippen LogP contribution in [-0.4, -0.2) is 25.9 Å². The monoisotopic (exact) mass is 146 g/mol. The highest BCUT2D eigenvalue weighted by Gasteiger charge is 2.44. The van der Waals surface area contributed by atoms with E-state index in [1.165, 1.54) is 0 Å². The lowest BCUT2D eigenvalue weighted by Gasteiger charge is -2.43. The van der Waals surface area contributed by atoms with Gasteiger partial charge in [0.2, 0.25) is 0 Å². The van der Waals surface area contributed by atoms with E-state index >= 15 is 0 Å². The van der Waals surface area contributed by atoms with Crippen LogP contribution in [0.1, 0.15) is 0 Å². The van der Waals surface area contributed by atoms with Crippen LogP contribution in [0.2, 0.25) is 0 Å². The van der Waals surface area contributed by atoms with Crippen molar-refractivity contribution < 1.29 is 14.2 Å². The second-order valence-electron chi connectivity index (χ2n) is 2.50. The molecule has 10 heavy (non-hydrogen) atoms. The summed E-state index contributed by atoms with van der Waals surface area (Å²) in [5, 5.41) is 0. The van der Waals surface area contributed by atoms with E-state index in [-0.39, 0.29) is 0 Å².